The third kappa shape index (κ3) is 3.00. The van der Waals surface area contributed by atoms with Crippen LogP contribution in [0.25, 0.3) is 11.0 Å². The van der Waals surface area contributed by atoms with Gasteiger partial charge in [0.15, 0.2) is 0 Å². The number of carbonyl (C=O) groups excluding carboxylic acids is 1. The number of H-pyrrole nitrogens is 2. The summed E-state index contributed by atoms with van der Waals surface area (Å²) in [5.74, 6) is 0.611. The second kappa shape index (κ2) is 5.62. The van der Waals surface area contributed by atoms with Crippen LogP contribution in [0.1, 0.15) is 16.2 Å². The van der Waals surface area contributed by atoms with E-state index in [1.165, 1.54) is 18.3 Å². The standard InChI is InChI=1S/C15H14N4O2/c20-14-6-5-10(9-17-14)15(21)16-8-7-13-18-11-3-1-2-4-12(11)19-13/h1-6,9H,7-8H2,(H,16,21)(H,17,20)(H,18,19). The molecular weight excluding hydrogens is 268 g/mol. The largest absolute Gasteiger partial charge is 0.352 e. The van der Waals surface area contributed by atoms with Gasteiger partial charge in [-0.25, -0.2) is 4.98 Å². The Labute approximate surface area is 120 Å². The molecule has 0 bridgehead atoms. The molecule has 0 saturated carbocycles. The van der Waals surface area contributed by atoms with Gasteiger partial charge in [0, 0.05) is 25.2 Å². The average Bonchev–Trinajstić information content (AvgIpc) is 2.90. The zero-order valence-electron chi connectivity index (χ0n) is 11.2. The van der Waals surface area contributed by atoms with Crippen LogP contribution in [0.5, 0.6) is 0 Å². The molecule has 6 nitrogen and oxygen atoms in total. The number of aromatic nitrogens is 3. The third-order valence-electron chi connectivity index (χ3n) is 3.13. The number of hydrogen-bond acceptors (Lipinski definition) is 3. The van der Waals surface area contributed by atoms with E-state index in [-0.39, 0.29) is 11.5 Å². The Hall–Kier alpha value is -2.89. The predicted octanol–water partition coefficient (Wildman–Crippen LogP) is 1.22. The Morgan fingerprint density at radius 2 is 2.05 bits per heavy atom. The molecule has 0 radical (unpaired) electrons. The first-order valence-corrected chi connectivity index (χ1v) is 6.63. The Balaban J connectivity index is 1.59. The van der Waals surface area contributed by atoms with Crippen molar-refractivity contribution < 1.29 is 4.79 Å². The Morgan fingerprint density at radius 3 is 2.81 bits per heavy atom. The molecule has 0 saturated heterocycles. The van der Waals surface area contributed by atoms with E-state index in [0.29, 0.717) is 18.5 Å². The summed E-state index contributed by atoms with van der Waals surface area (Å²) in [4.78, 5) is 32.9. The van der Waals surface area contributed by atoms with Crippen LogP contribution in [0, 0.1) is 0 Å². The highest BCUT2D eigenvalue weighted by Crippen LogP contribution is 2.10. The number of carbonyl (C=O) groups is 1. The van der Waals surface area contributed by atoms with Crippen molar-refractivity contribution in [1.82, 2.24) is 20.3 Å². The van der Waals surface area contributed by atoms with E-state index < -0.39 is 0 Å². The van der Waals surface area contributed by atoms with Gasteiger partial charge in [0.1, 0.15) is 5.82 Å². The summed E-state index contributed by atoms with van der Waals surface area (Å²) in [5, 5.41) is 2.79. The zero-order valence-corrected chi connectivity index (χ0v) is 11.2. The Kier molecular flexibility index (Phi) is 3.51. The smallest absolute Gasteiger partial charge is 0.252 e. The number of rotatable bonds is 4. The lowest BCUT2D eigenvalue weighted by Gasteiger charge is -2.03. The van der Waals surface area contributed by atoms with Gasteiger partial charge in [-0.2, -0.15) is 0 Å². The van der Waals surface area contributed by atoms with E-state index >= 15 is 0 Å². The number of fused-ring (bicyclic) bond motifs is 1. The molecule has 1 aromatic carbocycles. The van der Waals surface area contributed by atoms with E-state index in [1.54, 1.807) is 0 Å². The Morgan fingerprint density at radius 1 is 1.19 bits per heavy atom. The predicted molar refractivity (Wildman–Crippen MR) is 79.2 cm³/mol. The van der Waals surface area contributed by atoms with Crippen molar-refractivity contribution in [3.63, 3.8) is 0 Å². The van der Waals surface area contributed by atoms with Crippen molar-refractivity contribution in [2.45, 2.75) is 6.42 Å². The van der Waals surface area contributed by atoms with Crippen molar-refractivity contribution in [2.75, 3.05) is 6.54 Å². The molecule has 0 spiro atoms. The minimum Gasteiger partial charge on any atom is -0.352 e. The van der Waals surface area contributed by atoms with Crippen LogP contribution in [0.4, 0.5) is 0 Å². The van der Waals surface area contributed by atoms with E-state index in [9.17, 15) is 9.59 Å². The second-order valence-corrected chi connectivity index (χ2v) is 4.65. The van der Waals surface area contributed by atoms with Crippen molar-refractivity contribution >= 4 is 16.9 Å². The lowest BCUT2D eigenvalue weighted by Crippen LogP contribution is -2.26. The number of benzene rings is 1. The van der Waals surface area contributed by atoms with Gasteiger partial charge in [-0.05, 0) is 18.2 Å². The molecule has 1 amide bonds. The molecule has 3 aromatic rings. The molecule has 21 heavy (non-hydrogen) atoms. The molecule has 0 atom stereocenters. The maximum atomic E-state index is 11.9. The monoisotopic (exact) mass is 282 g/mol. The number of para-hydroxylation sites is 2. The highest BCUT2D eigenvalue weighted by Gasteiger charge is 2.06. The molecule has 2 aromatic heterocycles. The fourth-order valence-electron chi connectivity index (χ4n) is 2.07. The van der Waals surface area contributed by atoms with Crippen molar-refractivity contribution in [2.24, 2.45) is 0 Å². The van der Waals surface area contributed by atoms with Crippen LogP contribution < -0.4 is 10.9 Å². The van der Waals surface area contributed by atoms with Gasteiger partial charge < -0.3 is 15.3 Å². The zero-order chi connectivity index (χ0) is 14.7. The van der Waals surface area contributed by atoms with Gasteiger partial charge in [-0.1, -0.05) is 12.1 Å². The summed E-state index contributed by atoms with van der Waals surface area (Å²) in [6.45, 7) is 0.470. The third-order valence-corrected chi connectivity index (χ3v) is 3.13. The number of nitrogens with one attached hydrogen (secondary N) is 3. The van der Waals surface area contributed by atoms with Gasteiger partial charge in [0.25, 0.3) is 5.91 Å². The van der Waals surface area contributed by atoms with Crippen LogP contribution in [-0.4, -0.2) is 27.4 Å². The van der Waals surface area contributed by atoms with Crippen LogP contribution in [0.3, 0.4) is 0 Å². The average molecular weight is 282 g/mol. The molecule has 3 rings (SSSR count). The number of amides is 1. The molecule has 106 valence electrons. The first kappa shape index (κ1) is 13.1. The summed E-state index contributed by atoms with van der Waals surface area (Å²) < 4.78 is 0. The molecular formula is C15H14N4O2. The van der Waals surface area contributed by atoms with Crippen molar-refractivity contribution in [3.8, 4) is 0 Å². The number of pyridine rings is 1. The Bertz CT molecular complexity index is 781. The van der Waals surface area contributed by atoms with E-state index in [1.807, 2.05) is 24.3 Å². The first-order chi connectivity index (χ1) is 10.2. The number of nitrogens with zero attached hydrogens (tertiary/aromatic N) is 1. The molecule has 0 fully saturated rings. The highest BCUT2D eigenvalue weighted by atomic mass is 16.1. The molecule has 0 unspecified atom stereocenters. The van der Waals surface area contributed by atoms with Gasteiger partial charge in [-0.15, -0.1) is 0 Å². The van der Waals surface area contributed by atoms with Gasteiger partial charge in [0.05, 0.1) is 16.6 Å². The van der Waals surface area contributed by atoms with Crippen LogP contribution in [-0.2, 0) is 6.42 Å². The number of aromatic amines is 2. The topological polar surface area (TPSA) is 90.6 Å². The van der Waals surface area contributed by atoms with Gasteiger partial charge in [0.2, 0.25) is 5.56 Å². The summed E-state index contributed by atoms with van der Waals surface area (Å²) in [5.41, 5.74) is 2.10. The SMILES string of the molecule is O=C(NCCc1nc2ccccc2[nH]1)c1ccc(=O)[nH]c1. The highest BCUT2D eigenvalue weighted by molar-refractivity contribution is 5.93. The summed E-state index contributed by atoms with van der Waals surface area (Å²) >= 11 is 0. The molecule has 0 aliphatic heterocycles. The van der Waals surface area contributed by atoms with E-state index in [0.717, 1.165) is 16.9 Å². The number of hydrogen-bond donors (Lipinski definition) is 3. The first-order valence-electron chi connectivity index (χ1n) is 6.63. The fraction of sp³-hybridized carbons (Fsp3) is 0.133. The molecule has 3 N–H and O–H groups in total. The fourth-order valence-corrected chi connectivity index (χ4v) is 2.07. The van der Waals surface area contributed by atoms with E-state index in [2.05, 4.69) is 20.3 Å². The quantitative estimate of drug-likeness (QED) is 0.672. The van der Waals surface area contributed by atoms with Gasteiger partial charge in [-0.3, -0.25) is 9.59 Å². The number of imidazole rings is 1. The minimum absolute atomic E-state index is 0.220. The molecule has 6 heteroatoms. The lowest BCUT2D eigenvalue weighted by molar-refractivity contribution is 0.0953. The normalized spacial score (nSPS) is 10.7. The minimum atomic E-state index is -0.228. The van der Waals surface area contributed by atoms with Crippen LogP contribution in [0.15, 0.2) is 47.4 Å². The second-order valence-electron chi connectivity index (χ2n) is 4.65. The lowest BCUT2D eigenvalue weighted by atomic mass is 10.2. The maximum Gasteiger partial charge on any atom is 0.252 e. The van der Waals surface area contributed by atoms with Crippen LogP contribution in [0.2, 0.25) is 0 Å². The van der Waals surface area contributed by atoms with Crippen molar-refractivity contribution in [1.29, 1.82) is 0 Å². The molecule has 0 aliphatic rings. The van der Waals surface area contributed by atoms with Crippen molar-refractivity contribution in [3.05, 3.63) is 64.3 Å². The molecule has 0 aliphatic carbocycles. The summed E-state index contributed by atoms with van der Waals surface area (Å²) in [7, 11) is 0. The molecule has 2 heterocycles. The van der Waals surface area contributed by atoms with E-state index in [4.69, 9.17) is 0 Å². The summed E-state index contributed by atoms with van der Waals surface area (Å²) in [6.07, 6.45) is 2.02. The summed E-state index contributed by atoms with van der Waals surface area (Å²) in [6, 6.07) is 10.6. The van der Waals surface area contributed by atoms with Gasteiger partial charge >= 0.3 is 0 Å². The maximum absolute atomic E-state index is 11.9. The van der Waals surface area contributed by atoms with Crippen LogP contribution >= 0.6 is 0 Å².